The van der Waals surface area contributed by atoms with Crippen LogP contribution in [0.4, 0.5) is 0 Å². The van der Waals surface area contributed by atoms with Gasteiger partial charge < -0.3 is 10.1 Å². The SMILES string of the molecule is COC(=O)c1ccc(S(=O)(=O)N2CCNCC2c2ccccc2Cl)cn1.Cl. The first kappa shape index (κ1) is 21.6. The van der Waals surface area contributed by atoms with Crippen LogP contribution in [-0.4, -0.2) is 50.4 Å². The fourth-order valence-electron chi connectivity index (χ4n) is 2.88. The van der Waals surface area contributed by atoms with Gasteiger partial charge in [-0.25, -0.2) is 18.2 Å². The molecule has 7 nitrogen and oxygen atoms in total. The number of pyridine rings is 1. The minimum Gasteiger partial charge on any atom is -0.464 e. The van der Waals surface area contributed by atoms with E-state index in [-0.39, 0.29) is 23.0 Å². The molecule has 2 aromatic rings. The lowest BCUT2D eigenvalue weighted by Crippen LogP contribution is -2.48. The summed E-state index contributed by atoms with van der Waals surface area (Å²) in [5.74, 6) is -0.620. The van der Waals surface area contributed by atoms with E-state index in [2.05, 4.69) is 15.0 Å². The fraction of sp³-hybridized carbons (Fsp3) is 0.294. The summed E-state index contributed by atoms with van der Waals surface area (Å²) in [5.41, 5.74) is 0.790. The van der Waals surface area contributed by atoms with E-state index in [4.69, 9.17) is 11.6 Å². The number of hydrogen-bond donors (Lipinski definition) is 1. The van der Waals surface area contributed by atoms with Crippen LogP contribution in [0.3, 0.4) is 0 Å². The lowest BCUT2D eigenvalue weighted by atomic mass is 10.1. The number of esters is 1. The van der Waals surface area contributed by atoms with Crippen LogP contribution in [0, 0.1) is 0 Å². The van der Waals surface area contributed by atoms with E-state index < -0.39 is 22.0 Å². The van der Waals surface area contributed by atoms with Crippen molar-refractivity contribution >= 4 is 40.0 Å². The maximum Gasteiger partial charge on any atom is 0.356 e. The summed E-state index contributed by atoms with van der Waals surface area (Å²) < 4.78 is 32.3. The number of nitrogens with zero attached hydrogens (tertiary/aromatic N) is 2. The average Bonchev–Trinajstić information content (AvgIpc) is 2.68. The molecule has 0 radical (unpaired) electrons. The molecule has 3 rings (SSSR count). The van der Waals surface area contributed by atoms with Crippen LogP contribution in [0.2, 0.25) is 5.02 Å². The molecule has 27 heavy (non-hydrogen) atoms. The molecule has 1 fully saturated rings. The van der Waals surface area contributed by atoms with Crippen LogP contribution >= 0.6 is 24.0 Å². The minimum absolute atomic E-state index is 0. The van der Waals surface area contributed by atoms with E-state index in [1.165, 1.54) is 29.7 Å². The number of benzene rings is 1. The topological polar surface area (TPSA) is 88.6 Å². The summed E-state index contributed by atoms with van der Waals surface area (Å²) in [6, 6.07) is 9.46. The molecule has 10 heteroatoms. The summed E-state index contributed by atoms with van der Waals surface area (Å²) in [5, 5.41) is 3.72. The Morgan fingerprint density at radius 2 is 2.04 bits per heavy atom. The third-order valence-electron chi connectivity index (χ3n) is 4.20. The summed E-state index contributed by atoms with van der Waals surface area (Å²) in [6.45, 7) is 1.29. The van der Waals surface area contributed by atoms with Gasteiger partial charge in [0.15, 0.2) is 0 Å². The van der Waals surface area contributed by atoms with Crippen molar-refractivity contribution in [2.75, 3.05) is 26.7 Å². The Bertz CT molecular complexity index is 907. The minimum atomic E-state index is -3.81. The number of ether oxygens (including phenoxy) is 1. The molecule has 1 atom stereocenters. The number of hydrogen-bond acceptors (Lipinski definition) is 6. The molecule has 146 valence electrons. The maximum atomic E-state index is 13.1. The van der Waals surface area contributed by atoms with E-state index in [9.17, 15) is 13.2 Å². The number of carbonyl (C=O) groups is 1. The third-order valence-corrected chi connectivity index (χ3v) is 6.43. The van der Waals surface area contributed by atoms with Crippen molar-refractivity contribution in [2.24, 2.45) is 0 Å². The van der Waals surface area contributed by atoms with Crippen molar-refractivity contribution in [1.82, 2.24) is 14.6 Å². The number of methoxy groups -OCH3 is 1. The van der Waals surface area contributed by atoms with Crippen molar-refractivity contribution in [2.45, 2.75) is 10.9 Å². The second-order valence-corrected chi connectivity index (χ2v) is 8.03. The van der Waals surface area contributed by atoms with Gasteiger partial charge in [-0.1, -0.05) is 29.8 Å². The molecule has 1 unspecified atom stereocenters. The summed E-state index contributed by atoms with van der Waals surface area (Å²) in [6.07, 6.45) is 1.17. The standard InChI is InChI=1S/C17H18ClN3O4S.ClH/c1-25-17(22)15-7-6-12(10-20-15)26(23,24)21-9-8-19-11-16(21)13-4-2-3-5-14(13)18;/h2-7,10,16,19H,8-9,11H2,1H3;1H. The van der Waals surface area contributed by atoms with Gasteiger partial charge in [0.05, 0.1) is 13.2 Å². The van der Waals surface area contributed by atoms with Crippen LogP contribution in [-0.2, 0) is 14.8 Å². The fourth-order valence-corrected chi connectivity index (χ4v) is 4.69. The molecular formula is C17H19Cl2N3O4S. The molecule has 0 amide bonds. The zero-order valence-electron chi connectivity index (χ0n) is 14.5. The van der Waals surface area contributed by atoms with Crippen molar-refractivity contribution in [3.63, 3.8) is 0 Å². The van der Waals surface area contributed by atoms with Crippen molar-refractivity contribution < 1.29 is 17.9 Å². The first-order valence-corrected chi connectivity index (χ1v) is 9.78. The molecule has 1 saturated heterocycles. The molecule has 1 aliphatic heterocycles. The quantitative estimate of drug-likeness (QED) is 0.746. The molecule has 0 saturated carbocycles. The number of aromatic nitrogens is 1. The highest BCUT2D eigenvalue weighted by atomic mass is 35.5. The lowest BCUT2D eigenvalue weighted by molar-refractivity contribution is 0.0594. The van der Waals surface area contributed by atoms with E-state index in [1.807, 2.05) is 12.1 Å². The highest BCUT2D eigenvalue weighted by molar-refractivity contribution is 7.89. The van der Waals surface area contributed by atoms with Crippen LogP contribution in [0.25, 0.3) is 0 Å². The molecule has 2 heterocycles. The zero-order valence-corrected chi connectivity index (χ0v) is 16.9. The monoisotopic (exact) mass is 431 g/mol. The van der Waals surface area contributed by atoms with E-state index >= 15 is 0 Å². The summed E-state index contributed by atoms with van der Waals surface area (Å²) >= 11 is 6.28. The van der Waals surface area contributed by atoms with Crippen LogP contribution in [0.1, 0.15) is 22.1 Å². The molecule has 0 spiro atoms. The van der Waals surface area contributed by atoms with Crippen LogP contribution in [0.5, 0.6) is 0 Å². The molecular weight excluding hydrogens is 413 g/mol. The Morgan fingerprint density at radius 3 is 2.67 bits per heavy atom. The number of nitrogens with one attached hydrogen (secondary N) is 1. The van der Waals surface area contributed by atoms with Crippen molar-refractivity contribution in [3.05, 3.63) is 58.9 Å². The number of rotatable bonds is 4. The number of carbonyl (C=O) groups excluding carboxylic acids is 1. The van der Waals surface area contributed by atoms with Gasteiger partial charge in [0.25, 0.3) is 0 Å². The summed E-state index contributed by atoms with van der Waals surface area (Å²) in [4.78, 5) is 15.4. The first-order valence-electron chi connectivity index (χ1n) is 7.96. The number of halogens is 2. The highest BCUT2D eigenvalue weighted by Gasteiger charge is 2.35. The first-order chi connectivity index (χ1) is 12.4. The Morgan fingerprint density at radius 1 is 1.30 bits per heavy atom. The number of sulfonamides is 1. The predicted molar refractivity (Wildman–Crippen MR) is 104 cm³/mol. The third kappa shape index (κ3) is 4.41. The smallest absolute Gasteiger partial charge is 0.356 e. The maximum absolute atomic E-state index is 13.1. The second kappa shape index (κ2) is 8.99. The summed E-state index contributed by atoms with van der Waals surface area (Å²) in [7, 11) is -2.57. The Balaban J connectivity index is 0.00000261. The average molecular weight is 432 g/mol. The Kier molecular flexibility index (Phi) is 7.19. The molecule has 1 N–H and O–H groups in total. The predicted octanol–water partition coefficient (Wildman–Crippen LogP) is 2.28. The highest BCUT2D eigenvalue weighted by Crippen LogP contribution is 2.32. The molecule has 0 aliphatic carbocycles. The van der Waals surface area contributed by atoms with E-state index in [1.54, 1.807) is 12.1 Å². The van der Waals surface area contributed by atoms with Gasteiger partial charge in [-0.05, 0) is 23.8 Å². The Labute approximate surface area is 169 Å². The second-order valence-electron chi connectivity index (χ2n) is 5.73. The van der Waals surface area contributed by atoms with Crippen molar-refractivity contribution in [3.8, 4) is 0 Å². The zero-order chi connectivity index (χ0) is 18.7. The van der Waals surface area contributed by atoms with Gasteiger partial charge in [-0.3, -0.25) is 0 Å². The van der Waals surface area contributed by atoms with Gasteiger partial charge in [0, 0.05) is 30.9 Å². The lowest BCUT2D eigenvalue weighted by Gasteiger charge is -2.35. The van der Waals surface area contributed by atoms with Gasteiger partial charge in [0.1, 0.15) is 10.6 Å². The van der Waals surface area contributed by atoms with Gasteiger partial charge in [-0.15, -0.1) is 12.4 Å². The van der Waals surface area contributed by atoms with Crippen LogP contribution in [0.15, 0.2) is 47.5 Å². The molecule has 0 bridgehead atoms. The normalized spacial score (nSPS) is 17.8. The number of piperazine rings is 1. The molecule has 1 aliphatic rings. The van der Waals surface area contributed by atoms with Gasteiger partial charge in [-0.2, -0.15) is 4.31 Å². The van der Waals surface area contributed by atoms with Crippen molar-refractivity contribution in [1.29, 1.82) is 0 Å². The van der Waals surface area contributed by atoms with Gasteiger partial charge >= 0.3 is 5.97 Å². The van der Waals surface area contributed by atoms with E-state index in [0.717, 1.165) is 5.56 Å². The Hall–Kier alpha value is -1.71. The van der Waals surface area contributed by atoms with E-state index in [0.29, 0.717) is 24.7 Å². The largest absolute Gasteiger partial charge is 0.464 e. The molecule has 1 aromatic carbocycles. The van der Waals surface area contributed by atoms with Crippen LogP contribution < -0.4 is 5.32 Å². The van der Waals surface area contributed by atoms with Gasteiger partial charge in [0.2, 0.25) is 10.0 Å². The molecule has 1 aromatic heterocycles.